The van der Waals surface area contributed by atoms with Crippen LogP contribution >= 0.6 is 15.9 Å². The Bertz CT molecular complexity index is 651. The van der Waals surface area contributed by atoms with Crippen LogP contribution < -0.4 is 0 Å². The molecule has 6 heteroatoms. The summed E-state index contributed by atoms with van der Waals surface area (Å²) in [5, 5.41) is 13.5. The maximum atomic E-state index is 11.4. The van der Waals surface area contributed by atoms with E-state index in [1.165, 1.54) is 4.68 Å². The van der Waals surface area contributed by atoms with Crippen molar-refractivity contribution in [1.29, 1.82) is 0 Å². The van der Waals surface area contributed by atoms with Crippen molar-refractivity contribution in [3.8, 4) is 5.82 Å². The van der Waals surface area contributed by atoms with Gasteiger partial charge in [-0.1, -0.05) is 0 Å². The van der Waals surface area contributed by atoms with Crippen molar-refractivity contribution in [3.05, 3.63) is 39.8 Å². The third-order valence-corrected chi connectivity index (χ3v) is 3.69. The lowest BCUT2D eigenvalue weighted by Gasteiger charge is -2.17. The minimum atomic E-state index is -0.970. The van der Waals surface area contributed by atoms with Gasteiger partial charge in [-0.15, -0.1) is 0 Å². The van der Waals surface area contributed by atoms with Crippen LogP contribution in [0.5, 0.6) is 0 Å². The Morgan fingerprint density at radius 1 is 1.37 bits per heavy atom. The van der Waals surface area contributed by atoms with E-state index in [4.69, 9.17) is 0 Å². The monoisotopic (exact) mass is 321 g/mol. The number of rotatable bonds is 2. The Kier molecular flexibility index (Phi) is 3.10. The number of aromatic nitrogens is 3. The maximum Gasteiger partial charge on any atom is 0.339 e. The van der Waals surface area contributed by atoms with Gasteiger partial charge in [0.2, 0.25) is 0 Å². The fourth-order valence-corrected chi connectivity index (χ4v) is 2.66. The van der Waals surface area contributed by atoms with Crippen LogP contribution in [0, 0.1) is 0 Å². The van der Waals surface area contributed by atoms with E-state index >= 15 is 0 Å². The number of hydrogen-bond acceptors (Lipinski definition) is 3. The second-order valence-corrected chi connectivity index (χ2v) is 5.50. The van der Waals surface area contributed by atoms with Crippen LogP contribution in [0.1, 0.15) is 34.5 Å². The molecule has 2 heterocycles. The molecule has 1 aliphatic carbocycles. The van der Waals surface area contributed by atoms with Crippen LogP contribution in [-0.4, -0.2) is 25.8 Å². The predicted molar refractivity (Wildman–Crippen MR) is 72.7 cm³/mol. The molecule has 0 amide bonds. The fraction of sp³-hybridized carbons (Fsp3) is 0.308. The molecule has 0 radical (unpaired) electrons. The lowest BCUT2D eigenvalue weighted by Crippen LogP contribution is -2.14. The number of nitrogens with zero attached hydrogens (tertiary/aromatic N) is 3. The van der Waals surface area contributed by atoms with Crippen molar-refractivity contribution in [3.63, 3.8) is 0 Å². The molecule has 0 fully saturated rings. The first-order valence-corrected chi connectivity index (χ1v) is 6.91. The maximum absolute atomic E-state index is 11.4. The molecule has 0 saturated carbocycles. The minimum absolute atomic E-state index is 0.205. The molecule has 3 rings (SSSR count). The molecule has 0 atom stereocenters. The summed E-state index contributed by atoms with van der Waals surface area (Å²) >= 11 is 3.31. The second-order valence-electron chi connectivity index (χ2n) is 4.58. The summed E-state index contributed by atoms with van der Waals surface area (Å²) in [7, 11) is 0. The quantitative estimate of drug-likeness (QED) is 0.923. The van der Waals surface area contributed by atoms with Gasteiger partial charge in [0.15, 0.2) is 5.82 Å². The highest BCUT2D eigenvalue weighted by atomic mass is 79.9. The molecule has 0 aliphatic heterocycles. The van der Waals surface area contributed by atoms with Crippen LogP contribution in [-0.2, 0) is 12.8 Å². The Labute approximate surface area is 118 Å². The molecule has 0 saturated heterocycles. The van der Waals surface area contributed by atoms with Gasteiger partial charge in [-0.2, -0.15) is 5.10 Å². The molecule has 5 nitrogen and oxygen atoms in total. The van der Waals surface area contributed by atoms with Crippen LogP contribution in [0.4, 0.5) is 0 Å². The van der Waals surface area contributed by atoms with E-state index in [0.29, 0.717) is 5.82 Å². The SMILES string of the molecule is O=C(O)c1cc2c(nc1-n1cc(Br)cn1)CCCC2. The first-order chi connectivity index (χ1) is 9.15. The molecule has 1 N–H and O–H groups in total. The van der Waals surface area contributed by atoms with E-state index in [9.17, 15) is 9.90 Å². The van der Waals surface area contributed by atoms with E-state index in [2.05, 4.69) is 26.0 Å². The number of pyridine rings is 1. The van der Waals surface area contributed by atoms with E-state index < -0.39 is 5.97 Å². The molecule has 0 aromatic carbocycles. The van der Waals surface area contributed by atoms with Gasteiger partial charge in [0.25, 0.3) is 0 Å². The average molecular weight is 322 g/mol. The predicted octanol–water partition coefficient (Wildman–Crippen LogP) is 2.61. The first kappa shape index (κ1) is 12.3. The fourth-order valence-electron chi connectivity index (χ4n) is 2.37. The van der Waals surface area contributed by atoms with Gasteiger partial charge < -0.3 is 5.11 Å². The number of carbonyl (C=O) groups is 1. The topological polar surface area (TPSA) is 68.0 Å². The number of aryl methyl sites for hydroxylation is 2. The number of fused-ring (bicyclic) bond motifs is 1. The number of halogens is 1. The van der Waals surface area contributed by atoms with Crippen LogP contribution in [0.15, 0.2) is 22.9 Å². The number of carboxylic acids is 1. The van der Waals surface area contributed by atoms with Gasteiger partial charge in [-0.3, -0.25) is 0 Å². The summed E-state index contributed by atoms with van der Waals surface area (Å²) < 4.78 is 2.30. The van der Waals surface area contributed by atoms with Crippen molar-refractivity contribution in [2.75, 3.05) is 0 Å². The first-order valence-electron chi connectivity index (χ1n) is 6.12. The van der Waals surface area contributed by atoms with Crippen molar-refractivity contribution in [2.45, 2.75) is 25.7 Å². The largest absolute Gasteiger partial charge is 0.478 e. The number of carboxylic acid groups (broad SMARTS) is 1. The van der Waals surface area contributed by atoms with Gasteiger partial charge in [-0.25, -0.2) is 14.5 Å². The summed E-state index contributed by atoms with van der Waals surface area (Å²) in [6.07, 6.45) is 7.35. The molecule has 2 aromatic rings. The summed E-state index contributed by atoms with van der Waals surface area (Å²) in [5.74, 6) is -0.582. The lowest BCUT2D eigenvalue weighted by molar-refractivity contribution is 0.0696. The molecule has 19 heavy (non-hydrogen) atoms. The Hall–Kier alpha value is -1.69. The molecule has 0 unspecified atom stereocenters. The standard InChI is InChI=1S/C13H12BrN3O2/c14-9-6-15-17(7-9)12-10(13(18)19)5-8-3-1-2-4-11(8)16-12/h5-7H,1-4H2,(H,18,19). The van der Waals surface area contributed by atoms with Crippen molar-refractivity contribution < 1.29 is 9.90 Å². The normalized spacial score (nSPS) is 14.2. The van der Waals surface area contributed by atoms with E-state index in [1.54, 1.807) is 18.5 Å². The van der Waals surface area contributed by atoms with E-state index in [0.717, 1.165) is 41.4 Å². The van der Waals surface area contributed by atoms with Gasteiger partial charge >= 0.3 is 5.97 Å². The highest BCUT2D eigenvalue weighted by Crippen LogP contribution is 2.24. The van der Waals surface area contributed by atoms with E-state index in [-0.39, 0.29) is 5.56 Å². The Morgan fingerprint density at radius 3 is 2.84 bits per heavy atom. The third-order valence-electron chi connectivity index (χ3n) is 3.28. The van der Waals surface area contributed by atoms with Crippen molar-refractivity contribution in [1.82, 2.24) is 14.8 Å². The zero-order valence-electron chi connectivity index (χ0n) is 10.1. The average Bonchev–Trinajstić information content (AvgIpc) is 2.83. The molecule has 0 spiro atoms. The smallest absolute Gasteiger partial charge is 0.339 e. The zero-order chi connectivity index (χ0) is 13.4. The van der Waals surface area contributed by atoms with Gasteiger partial charge in [0.1, 0.15) is 5.56 Å². The van der Waals surface area contributed by atoms with Crippen molar-refractivity contribution in [2.24, 2.45) is 0 Å². The molecule has 2 aromatic heterocycles. The summed E-state index contributed by atoms with van der Waals surface area (Å²) in [4.78, 5) is 15.9. The molecule has 0 bridgehead atoms. The number of aromatic carboxylic acids is 1. The molecular weight excluding hydrogens is 310 g/mol. The summed E-state index contributed by atoms with van der Waals surface area (Å²) in [6, 6.07) is 1.74. The van der Waals surface area contributed by atoms with E-state index in [1.807, 2.05) is 0 Å². The van der Waals surface area contributed by atoms with Crippen LogP contribution in [0.2, 0.25) is 0 Å². The third kappa shape index (κ3) is 2.28. The Balaban J connectivity index is 2.18. The van der Waals surface area contributed by atoms with Crippen LogP contribution in [0.25, 0.3) is 5.82 Å². The minimum Gasteiger partial charge on any atom is -0.478 e. The second kappa shape index (κ2) is 4.77. The van der Waals surface area contributed by atoms with Crippen LogP contribution in [0.3, 0.4) is 0 Å². The van der Waals surface area contributed by atoms with Gasteiger partial charge in [0.05, 0.1) is 10.7 Å². The van der Waals surface area contributed by atoms with Gasteiger partial charge in [0, 0.05) is 11.9 Å². The highest BCUT2D eigenvalue weighted by molar-refractivity contribution is 9.10. The lowest BCUT2D eigenvalue weighted by atomic mass is 9.95. The molecule has 1 aliphatic rings. The summed E-state index contributed by atoms with van der Waals surface area (Å²) in [6.45, 7) is 0. The molecular formula is C13H12BrN3O2. The number of hydrogen-bond donors (Lipinski definition) is 1. The van der Waals surface area contributed by atoms with Gasteiger partial charge in [-0.05, 0) is 53.2 Å². The zero-order valence-corrected chi connectivity index (χ0v) is 11.7. The molecule has 98 valence electrons. The van der Waals surface area contributed by atoms with Crippen molar-refractivity contribution >= 4 is 21.9 Å². The highest BCUT2D eigenvalue weighted by Gasteiger charge is 2.20. The Morgan fingerprint density at radius 2 is 2.16 bits per heavy atom. The summed E-state index contributed by atoms with van der Waals surface area (Å²) in [5.41, 5.74) is 2.26.